The van der Waals surface area contributed by atoms with Crippen LogP contribution in [0.25, 0.3) is 21.8 Å². The van der Waals surface area contributed by atoms with Gasteiger partial charge in [-0.1, -0.05) is 28.1 Å². The number of benzene rings is 2. The lowest BCUT2D eigenvalue weighted by molar-refractivity contribution is 0.0699. The Kier molecular flexibility index (Phi) is 7.57. The van der Waals surface area contributed by atoms with E-state index in [1.54, 1.807) is 12.1 Å². The molecule has 2 aromatic heterocycles. The molecule has 1 N–H and O–H groups in total. The molecule has 3 heterocycles. The van der Waals surface area contributed by atoms with E-state index in [1.165, 1.54) is 33.9 Å². The number of carboxylic acid groups (broad SMARTS) is 1. The first-order valence-electron chi connectivity index (χ1n) is 10.4. The first-order valence-corrected chi connectivity index (χ1v) is 11.2. The zero-order valence-electron chi connectivity index (χ0n) is 18.5. The van der Waals surface area contributed by atoms with Crippen LogP contribution in [0.2, 0.25) is 0 Å². The first kappa shape index (κ1) is 23.1. The van der Waals surface area contributed by atoms with Crippen molar-refractivity contribution in [1.29, 1.82) is 0 Å². The highest BCUT2D eigenvalue weighted by Crippen LogP contribution is 2.26. The Bertz CT molecular complexity index is 1200. The average molecular weight is 485 g/mol. The molecule has 31 heavy (non-hydrogen) atoms. The van der Waals surface area contributed by atoms with Gasteiger partial charge in [0.25, 0.3) is 0 Å². The number of hydrogen-bond acceptors (Lipinski definition) is 2. The molecule has 1 saturated heterocycles. The Morgan fingerprint density at radius 3 is 1.90 bits per heavy atom. The second kappa shape index (κ2) is 10.2. The van der Waals surface area contributed by atoms with Gasteiger partial charge in [-0.05, 0) is 63.1 Å². The summed E-state index contributed by atoms with van der Waals surface area (Å²) in [6, 6.07) is 15.7. The number of nitrogens with zero attached hydrogens (tertiary/aromatic N) is 2. The van der Waals surface area contributed by atoms with Crippen LogP contribution < -0.4 is 0 Å². The monoisotopic (exact) mass is 484 g/mol. The first-order chi connectivity index (χ1) is 14.8. The minimum atomic E-state index is -0.874. The van der Waals surface area contributed by atoms with E-state index in [0.29, 0.717) is 5.56 Å². The lowest BCUT2D eigenvalue weighted by Gasteiger charge is -1.99. The molecule has 5 nitrogen and oxygen atoms in total. The maximum Gasteiger partial charge on any atom is 0.336 e. The van der Waals surface area contributed by atoms with E-state index in [0.717, 1.165) is 29.8 Å². The number of rotatable bonds is 1. The lowest BCUT2D eigenvalue weighted by Crippen LogP contribution is -1.96. The van der Waals surface area contributed by atoms with Crippen LogP contribution >= 0.6 is 15.9 Å². The number of carboxylic acids is 1. The van der Waals surface area contributed by atoms with Gasteiger partial charge in [0.05, 0.1) is 5.56 Å². The minimum absolute atomic E-state index is 0.367. The summed E-state index contributed by atoms with van der Waals surface area (Å²) in [6.45, 7) is 6.08. The zero-order valence-corrected chi connectivity index (χ0v) is 20.1. The quantitative estimate of drug-likeness (QED) is 0.348. The molecule has 1 aliphatic rings. The Morgan fingerprint density at radius 2 is 1.42 bits per heavy atom. The molecule has 2 aromatic carbocycles. The Morgan fingerprint density at radius 1 is 0.903 bits per heavy atom. The summed E-state index contributed by atoms with van der Waals surface area (Å²) in [5.74, 6) is -0.874. The van der Waals surface area contributed by atoms with Gasteiger partial charge in [-0.3, -0.25) is 0 Å². The van der Waals surface area contributed by atoms with Crippen LogP contribution in [-0.2, 0) is 18.8 Å². The smallest absolute Gasteiger partial charge is 0.336 e. The van der Waals surface area contributed by atoms with Gasteiger partial charge in [-0.15, -0.1) is 0 Å². The summed E-state index contributed by atoms with van der Waals surface area (Å²) in [6.07, 6.45) is 2.56. The molecule has 0 saturated carbocycles. The predicted octanol–water partition coefficient (Wildman–Crippen LogP) is 6.23. The summed E-state index contributed by atoms with van der Waals surface area (Å²) in [4.78, 5) is 10.9. The third-order valence-corrected chi connectivity index (χ3v) is 6.35. The van der Waals surface area contributed by atoms with Gasteiger partial charge in [0.2, 0.25) is 0 Å². The highest BCUT2D eigenvalue weighted by Gasteiger charge is 2.11. The molecule has 0 aliphatic carbocycles. The number of halogens is 1. The van der Waals surface area contributed by atoms with Gasteiger partial charge in [0.1, 0.15) is 0 Å². The van der Waals surface area contributed by atoms with Crippen molar-refractivity contribution < 1.29 is 14.6 Å². The van der Waals surface area contributed by atoms with E-state index in [4.69, 9.17) is 9.84 Å². The molecule has 0 atom stereocenters. The zero-order chi connectivity index (χ0) is 22.5. The third kappa shape index (κ3) is 5.20. The summed E-state index contributed by atoms with van der Waals surface area (Å²) < 4.78 is 10.3. The fraction of sp³-hybridized carbons (Fsp3) is 0.320. The van der Waals surface area contributed by atoms with Gasteiger partial charge < -0.3 is 19.0 Å². The maximum atomic E-state index is 10.9. The van der Waals surface area contributed by atoms with E-state index in [2.05, 4.69) is 58.7 Å². The second-order valence-electron chi connectivity index (χ2n) is 7.73. The number of ether oxygens (including phenoxy) is 1. The van der Waals surface area contributed by atoms with Crippen molar-refractivity contribution in [2.24, 2.45) is 14.1 Å². The lowest BCUT2D eigenvalue weighted by atomic mass is 10.1. The fourth-order valence-corrected chi connectivity index (χ4v) is 4.12. The molecule has 0 unspecified atom stereocenters. The SMILES string of the molecule is C1CCOC1.Cc1cc2c(Br)cccc2n1C.Cc1cc2c(C(=O)O)cccc2n1C. The van der Waals surface area contributed by atoms with Crippen molar-refractivity contribution in [3.05, 3.63) is 70.0 Å². The largest absolute Gasteiger partial charge is 0.478 e. The predicted molar refractivity (Wildman–Crippen MR) is 130 cm³/mol. The van der Waals surface area contributed by atoms with Crippen LogP contribution in [0.5, 0.6) is 0 Å². The number of carbonyl (C=O) groups is 1. The summed E-state index contributed by atoms with van der Waals surface area (Å²) in [7, 11) is 4.02. The Balaban J connectivity index is 0.000000145. The van der Waals surface area contributed by atoms with Crippen LogP contribution in [0.1, 0.15) is 34.6 Å². The Labute approximate surface area is 191 Å². The van der Waals surface area contributed by atoms with Gasteiger partial charge in [0.15, 0.2) is 0 Å². The van der Waals surface area contributed by atoms with Crippen molar-refractivity contribution in [2.45, 2.75) is 26.7 Å². The second-order valence-corrected chi connectivity index (χ2v) is 8.58. The van der Waals surface area contributed by atoms with Gasteiger partial charge in [-0.25, -0.2) is 4.79 Å². The number of fused-ring (bicyclic) bond motifs is 2. The van der Waals surface area contributed by atoms with Crippen LogP contribution in [-0.4, -0.2) is 33.4 Å². The van der Waals surface area contributed by atoms with Crippen LogP contribution in [0.4, 0.5) is 0 Å². The van der Waals surface area contributed by atoms with E-state index in [9.17, 15) is 4.79 Å². The molecule has 4 aromatic rings. The summed E-state index contributed by atoms with van der Waals surface area (Å²) >= 11 is 3.53. The topological polar surface area (TPSA) is 56.4 Å². The summed E-state index contributed by atoms with van der Waals surface area (Å²) in [5, 5.41) is 11.1. The van der Waals surface area contributed by atoms with Crippen molar-refractivity contribution >= 4 is 43.7 Å². The van der Waals surface area contributed by atoms with Crippen molar-refractivity contribution in [2.75, 3.05) is 13.2 Å². The number of aromatic carboxylic acids is 1. The fourth-order valence-electron chi connectivity index (χ4n) is 3.65. The van der Waals surface area contributed by atoms with E-state index in [-0.39, 0.29) is 0 Å². The molecule has 0 spiro atoms. The highest BCUT2D eigenvalue weighted by atomic mass is 79.9. The molecule has 5 rings (SSSR count). The highest BCUT2D eigenvalue weighted by molar-refractivity contribution is 9.10. The molecule has 6 heteroatoms. The van der Waals surface area contributed by atoms with Gasteiger partial charge in [-0.2, -0.15) is 0 Å². The molecule has 0 amide bonds. The number of aromatic nitrogens is 2. The molecular formula is C25H29BrN2O3. The van der Waals surface area contributed by atoms with Gasteiger partial charge >= 0.3 is 5.97 Å². The van der Waals surface area contributed by atoms with Crippen molar-refractivity contribution in [3.63, 3.8) is 0 Å². The average Bonchev–Trinajstić information content (AvgIpc) is 3.48. The molecule has 0 bridgehead atoms. The van der Waals surface area contributed by atoms with Crippen LogP contribution in [0.15, 0.2) is 53.0 Å². The molecule has 0 radical (unpaired) electrons. The van der Waals surface area contributed by atoms with Crippen LogP contribution in [0, 0.1) is 13.8 Å². The van der Waals surface area contributed by atoms with E-state index in [1.807, 2.05) is 30.7 Å². The molecular weight excluding hydrogens is 456 g/mol. The summed E-state index contributed by atoms with van der Waals surface area (Å²) in [5.41, 5.74) is 4.96. The van der Waals surface area contributed by atoms with Crippen LogP contribution in [0.3, 0.4) is 0 Å². The number of aryl methyl sites for hydroxylation is 4. The van der Waals surface area contributed by atoms with Crippen molar-refractivity contribution in [3.8, 4) is 0 Å². The van der Waals surface area contributed by atoms with E-state index < -0.39 is 5.97 Å². The van der Waals surface area contributed by atoms with Gasteiger partial charge in [0, 0.05) is 65.0 Å². The normalized spacial score (nSPS) is 12.9. The minimum Gasteiger partial charge on any atom is -0.478 e. The van der Waals surface area contributed by atoms with E-state index >= 15 is 0 Å². The van der Waals surface area contributed by atoms with Crippen molar-refractivity contribution in [1.82, 2.24) is 9.13 Å². The molecule has 1 aliphatic heterocycles. The third-order valence-electron chi connectivity index (χ3n) is 5.66. The standard InChI is InChI=1S/C11H11NO2.C10H10BrN.C4H8O/c1-7-6-9-8(11(13)14)4-3-5-10(9)12(7)2;1-7-6-8-9(11)4-3-5-10(8)12(7)2;1-2-4-5-3-1/h3-6H,1-2H3,(H,13,14);3-6H,1-2H3;1-4H2. The number of hydrogen-bond donors (Lipinski definition) is 1. The molecule has 164 valence electrons. The Hall–Kier alpha value is -2.57. The maximum absolute atomic E-state index is 10.9. The molecule has 1 fully saturated rings.